The van der Waals surface area contributed by atoms with Gasteiger partial charge in [-0.25, -0.2) is 0 Å². The summed E-state index contributed by atoms with van der Waals surface area (Å²) in [5, 5.41) is 0. The highest BCUT2D eigenvalue weighted by Crippen LogP contribution is 2.24. The maximum atomic E-state index is 5.79. The van der Waals surface area contributed by atoms with Crippen LogP contribution in [0.2, 0.25) is 0 Å². The van der Waals surface area contributed by atoms with E-state index in [9.17, 15) is 0 Å². The normalized spacial score (nSPS) is 23.8. The van der Waals surface area contributed by atoms with Crippen LogP contribution < -0.4 is 5.73 Å². The molecule has 4 heteroatoms. The van der Waals surface area contributed by atoms with Gasteiger partial charge in [0.2, 0.25) is 0 Å². The summed E-state index contributed by atoms with van der Waals surface area (Å²) in [5.41, 5.74) is 7.14. The van der Waals surface area contributed by atoms with Gasteiger partial charge in [-0.05, 0) is 37.6 Å². The van der Waals surface area contributed by atoms with Crippen LogP contribution in [0.25, 0.3) is 0 Å². The molecule has 0 aromatic heterocycles. The van der Waals surface area contributed by atoms with Crippen LogP contribution in [0.3, 0.4) is 0 Å². The molecule has 2 nitrogen and oxygen atoms in total. The average Bonchev–Trinajstić information content (AvgIpc) is 2.13. The molecule has 0 radical (unpaired) electrons. The van der Waals surface area contributed by atoms with Crippen LogP contribution in [0.5, 0.6) is 0 Å². The van der Waals surface area contributed by atoms with Crippen molar-refractivity contribution in [2.24, 2.45) is 5.73 Å². The number of nitrogens with two attached hydrogens (primary N) is 1. The molecular formula is C12H18BrClN2. The molecular weight excluding hydrogens is 288 g/mol. The number of benzene rings is 1. The summed E-state index contributed by atoms with van der Waals surface area (Å²) in [7, 11) is 2.18. The third kappa shape index (κ3) is 3.45. The Morgan fingerprint density at radius 3 is 2.69 bits per heavy atom. The van der Waals surface area contributed by atoms with Crippen molar-refractivity contribution < 1.29 is 0 Å². The third-order valence-corrected chi connectivity index (χ3v) is 3.59. The van der Waals surface area contributed by atoms with Crippen LogP contribution in [-0.2, 0) is 6.54 Å². The quantitative estimate of drug-likeness (QED) is 0.930. The second kappa shape index (κ2) is 6.01. The summed E-state index contributed by atoms with van der Waals surface area (Å²) < 4.78 is 1.15. The summed E-state index contributed by atoms with van der Waals surface area (Å²) in [4.78, 5) is 2.39. The number of nitrogens with zero attached hydrogens (tertiary/aromatic N) is 1. The van der Waals surface area contributed by atoms with Gasteiger partial charge < -0.3 is 5.73 Å². The largest absolute Gasteiger partial charge is 0.328 e. The van der Waals surface area contributed by atoms with Crippen LogP contribution in [-0.4, -0.2) is 24.0 Å². The summed E-state index contributed by atoms with van der Waals surface area (Å²) in [6.45, 7) is 1.01. The average molecular weight is 306 g/mol. The minimum Gasteiger partial charge on any atom is -0.328 e. The van der Waals surface area contributed by atoms with E-state index < -0.39 is 0 Å². The maximum absolute atomic E-state index is 5.79. The Hall–Kier alpha value is -0.0900. The summed E-state index contributed by atoms with van der Waals surface area (Å²) in [6, 6.07) is 9.59. The van der Waals surface area contributed by atoms with E-state index in [4.69, 9.17) is 5.73 Å². The molecule has 0 bridgehead atoms. The Kier molecular flexibility index (Phi) is 5.25. The first-order chi connectivity index (χ1) is 7.15. The van der Waals surface area contributed by atoms with Gasteiger partial charge in [-0.3, -0.25) is 4.90 Å². The molecule has 1 aliphatic rings. The van der Waals surface area contributed by atoms with Crippen LogP contribution in [0.1, 0.15) is 18.4 Å². The lowest BCUT2D eigenvalue weighted by Gasteiger charge is -2.39. The maximum Gasteiger partial charge on any atom is 0.0234 e. The number of halogens is 2. The predicted octanol–water partition coefficient (Wildman–Crippen LogP) is 2.79. The molecule has 2 rings (SSSR count). The van der Waals surface area contributed by atoms with E-state index in [-0.39, 0.29) is 12.4 Å². The monoisotopic (exact) mass is 304 g/mol. The first kappa shape index (κ1) is 14.0. The van der Waals surface area contributed by atoms with Crippen LogP contribution >= 0.6 is 28.3 Å². The first-order valence-electron chi connectivity index (χ1n) is 5.35. The van der Waals surface area contributed by atoms with E-state index in [1.165, 1.54) is 5.56 Å². The molecule has 0 amide bonds. The Balaban J connectivity index is 0.00000128. The van der Waals surface area contributed by atoms with Crippen molar-refractivity contribution in [1.29, 1.82) is 0 Å². The van der Waals surface area contributed by atoms with E-state index in [1.807, 2.05) is 0 Å². The summed E-state index contributed by atoms with van der Waals surface area (Å²) in [6.07, 6.45) is 2.29. The molecule has 2 N–H and O–H groups in total. The van der Waals surface area contributed by atoms with Crippen molar-refractivity contribution in [3.8, 4) is 0 Å². The highest BCUT2D eigenvalue weighted by Gasteiger charge is 2.28. The second-order valence-electron chi connectivity index (χ2n) is 4.43. The molecule has 0 spiro atoms. The Bertz CT molecular complexity index is 340. The molecule has 1 aliphatic carbocycles. The Labute approximate surface area is 112 Å². The van der Waals surface area contributed by atoms with Crippen LogP contribution in [0.15, 0.2) is 28.7 Å². The minimum atomic E-state index is 0. The molecule has 16 heavy (non-hydrogen) atoms. The van der Waals surface area contributed by atoms with Crippen molar-refractivity contribution >= 4 is 28.3 Å². The molecule has 90 valence electrons. The SMILES string of the molecule is CN(Cc1cccc(Br)c1)C1CC(N)C1.Cl. The van der Waals surface area contributed by atoms with Gasteiger partial charge in [-0.2, -0.15) is 0 Å². The lowest BCUT2D eigenvalue weighted by atomic mass is 9.86. The lowest BCUT2D eigenvalue weighted by molar-refractivity contribution is 0.132. The van der Waals surface area contributed by atoms with E-state index >= 15 is 0 Å². The smallest absolute Gasteiger partial charge is 0.0234 e. The van der Waals surface area contributed by atoms with E-state index in [0.29, 0.717) is 12.1 Å². The molecule has 0 atom stereocenters. The molecule has 1 fully saturated rings. The van der Waals surface area contributed by atoms with Gasteiger partial charge in [-0.1, -0.05) is 28.1 Å². The van der Waals surface area contributed by atoms with Gasteiger partial charge in [-0.15, -0.1) is 12.4 Å². The van der Waals surface area contributed by atoms with Gasteiger partial charge in [0.1, 0.15) is 0 Å². The van der Waals surface area contributed by atoms with Crippen LogP contribution in [0.4, 0.5) is 0 Å². The predicted molar refractivity (Wildman–Crippen MR) is 73.9 cm³/mol. The van der Waals surface area contributed by atoms with Crippen LogP contribution in [0, 0.1) is 0 Å². The summed E-state index contributed by atoms with van der Waals surface area (Å²) >= 11 is 3.49. The first-order valence-corrected chi connectivity index (χ1v) is 6.14. The zero-order chi connectivity index (χ0) is 10.8. The molecule has 0 heterocycles. The van der Waals surface area contributed by atoms with E-state index in [2.05, 4.69) is 52.1 Å². The number of hydrogen-bond acceptors (Lipinski definition) is 2. The van der Waals surface area contributed by atoms with Crippen molar-refractivity contribution in [2.75, 3.05) is 7.05 Å². The molecule has 1 aromatic carbocycles. The van der Waals surface area contributed by atoms with Gasteiger partial charge in [0.05, 0.1) is 0 Å². The van der Waals surface area contributed by atoms with Gasteiger partial charge in [0, 0.05) is 23.1 Å². The van der Waals surface area contributed by atoms with Crippen molar-refractivity contribution in [3.63, 3.8) is 0 Å². The standard InChI is InChI=1S/C12H17BrN2.ClH/c1-15(12-6-11(14)7-12)8-9-3-2-4-10(13)5-9;/h2-5,11-12H,6-8,14H2,1H3;1H. The molecule has 0 saturated heterocycles. The number of hydrogen-bond donors (Lipinski definition) is 1. The zero-order valence-electron chi connectivity index (χ0n) is 9.40. The lowest BCUT2D eigenvalue weighted by Crippen LogP contribution is -2.48. The summed E-state index contributed by atoms with van der Waals surface area (Å²) in [5.74, 6) is 0. The number of rotatable bonds is 3. The van der Waals surface area contributed by atoms with E-state index in [0.717, 1.165) is 23.9 Å². The Morgan fingerprint density at radius 2 is 2.12 bits per heavy atom. The molecule has 0 unspecified atom stereocenters. The third-order valence-electron chi connectivity index (χ3n) is 3.09. The highest BCUT2D eigenvalue weighted by molar-refractivity contribution is 9.10. The second-order valence-corrected chi connectivity index (χ2v) is 5.35. The Morgan fingerprint density at radius 1 is 1.44 bits per heavy atom. The fourth-order valence-electron chi connectivity index (χ4n) is 2.04. The van der Waals surface area contributed by atoms with Crippen molar-refractivity contribution in [1.82, 2.24) is 4.90 Å². The topological polar surface area (TPSA) is 29.3 Å². The van der Waals surface area contributed by atoms with E-state index in [1.54, 1.807) is 0 Å². The molecule has 1 aromatic rings. The highest BCUT2D eigenvalue weighted by atomic mass is 79.9. The molecule has 1 saturated carbocycles. The van der Waals surface area contributed by atoms with Crippen molar-refractivity contribution in [2.45, 2.75) is 31.5 Å². The fourth-order valence-corrected chi connectivity index (χ4v) is 2.49. The molecule has 0 aliphatic heterocycles. The van der Waals surface area contributed by atoms with Gasteiger partial charge >= 0.3 is 0 Å². The van der Waals surface area contributed by atoms with Gasteiger partial charge in [0.15, 0.2) is 0 Å². The fraction of sp³-hybridized carbons (Fsp3) is 0.500. The van der Waals surface area contributed by atoms with Gasteiger partial charge in [0.25, 0.3) is 0 Å². The minimum absolute atomic E-state index is 0. The zero-order valence-corrected chi connectivity index (χ0v) is 11.8. The van der Waals surface area contributed by atoms with Crippen molar-refractivity contribution in [3.05, 3.63) is 34.3 Å².